The fourth-order valence-electron chi connectivity index (χ4n) is 0.961. The molecule has 1 rings (SSSR count). The molecule has 0 saturated carbocycles. The number of nitrogens with zero attached hydrogens (tertiary/aromatic N) is 1. The first-order valence-electron chi connectivity index (χ1n) is 4.03. The van der Waals surface area contributed by atoms with Crippen LogP contribution in [0, 0.1) is 0 Å². The SMILES string of the molecule is CCC(=O)c1cncc(C(=O)SS)c1. The summed E-state index contributed by atoms with van der Waals surface area (Å²) in [5.41, 5.74) is 0.880. The highest BCUT2D eigenvalue weighted by Crippen LogP contribution is 2.15. The van der Waals surface area contributed by atoms with Crippen LogP contribution in [0.3, 0.4) is 0 Å². The Kier molecular flexibility index (Phi) is 4.16. The van der Waals surface area contributed by atoms with Crippen LogP contribution in [-0.2, 0) is 0 Å². The average Bonchev–Trinajstić information content (AvgIpc) is 2.27. The lowest BCUT2D eigenvalue weighted by Gasteiger charge is -1.99. The lowest BCUT2D eigenvalue weighted by Crippen LogP contribution is -2.00. The van der Waals surface area contributed by atoms with Crippen molar-refractivity contribution < 1.29 is 9.59 Å². The minimum Gasteiger partial charge on any atom is -0.294 e. The average molecular weight is 227 g/mol. The quantitative estimate of drug-likeness (QED) is 0.489. The van der Waals surface area contributed by atoms with E-state index in [9.17, 15) is 9.59 Å². The van der Waals surface area contributed by atoms with E-state index in [-0.39, 0.29) is 10.9 Å². The van der Waals surface area contributed by atoms with Crippen molar-refractivity contribution in [2.45, 2.75) is 13.3 Å². The van der Waals surface area contributed by atoms with E-state index >= 15 is 0 Å². The van der Waals surface area contributed by atoms with Gasteiger partial charge in [-0.2, -0.15) is 0 Å². The van der Waals surface area contributed by atoms with Crippen LogP contribution in [0.1, 0.15) is 34.1 Å². The lowest BCUT2D eigenvalue weighted by atomic mass is 10.1. The third-order valence-corrected chi connectivity index (χ3v) is 2.60. The molecule has 0 unspecified atom stereocenters. The number of carbonyl (C=O) groups is 2. The van der Waals surface area contributed by atoms with E-state index in [4.69, 9.17) is 0 Å². The molecule has 0 bridgehead atoms. The molecule has 0 fully saturated rings. The van der Waals surface area contributed by atoms with Gasteiger partial charge in [-0.3, -0.25) is 14.6 Å². The smallest absolute Gasteiger partial charge is 0.231 e. The second-order valence-electron chi connectivity index (χ2n) is 2.62. The second kappa shape index (κ2) is 5.17. The van der Waals surface area contributed by atoms with Crippen LogP contribution in [0.5, 0.6) is 0 Å². The number of rotatable bonds is 3. The molecule has 0 saturated heterocycles. The molecule has 0 aromatic carbocycles. The Balaban J connectivity index is 3.01. The van der Waals surface area contributed by atoms with Gasteiger partial charge in [-0.25, -0.2) is 0 Å². The molecule has 0 aliphatic heterocycles. The van der Waals surface area contributed by atoms with Crippen molar-refractivity contribution in [2.24, 2.45) is 0 Å². The first-order chi connectivity index (χ1) is 6.69. The molecule has 74 valence electrons. The Morgan fingerprint density at radius 3 is 2.64 bits per heavy atom. The molecule has 0 aliphatic rings. The van der Waals surface area contributed by atoms with Crippen molar-refractivity contribution in [1.29, 1.82) is 0 Å². The molecule has 0 N–H and O–H groups in total. The van der Waals surface area contributed by atoms with Gasteiger partial charge in [-0.05, 0) is 16.9 Å². The van der Waals surface area contributed by atoms with Gasteiger partial charge in [0.25, 0.3) is 0 Å². The maximum Gasteiger partial charge on any atom is 0.231 e. The Hall–Kier alpha value is -0.810. The summed E-state index contributed by atoms with van der Waals surface area (Å²) >= 11 is 3.79. The fourth-order valence-corrected chi connectivity index (χ4v) is 1.49. The van der Waals surface area contributed by atoms with Crippen LogP contribution in [0.25, 0.3) is 0 Å². The summed E-state index contributed by atoms with van der Waals surface area (Å²) in [6.45, 7) is 1.77. The third-order valence-electron chi connectivity index (χ3n) is 1.70. The summed E-state index contributed by atoms with van der Waals surface area (Å²) in [5, 5.41) is -0.202. The van der Waals surface area contributed by atoms with Crippen molar-refractivity contribution in [3.8, 4) is 0 Å². The van der Waals surface area contributed by atoms with Crippen molar-refractivity contribution >= 4 is 33.4 Å². The van der Waals surface area contributed by atoms with E-state index in [0.29, 0.717) is 17.5 Å². The number of aromatic nitrogens is 1. The number of pyridine rings is 1. The van der Waals surface area contributed by atoms with Gasteiger partial charge in [-0.1, -0.05) is 6.92 Å². The van der Waals surface area contributed by atoms with Gasteiger partial charge >= 0.3 is 0 Å². The molecule has 5 heteroatoms. The van der Waals surface area contributed by atoms with E-state index in [1.165, 1.54) is 12.4 Å². The van der Waals surface area contributed by atoms with Gasteiger partial charge in [0.15, 0.2) is 5.78 Å². The zero-order valence-electron chi connectivity index (χ0n) is 7.56. The summed E-state index contributed by atoms with van der Waals surface area (Å²) in [5.74, 6) is -0.0173. The first kappa shape index (κ1) is 11.3. The van der Waals surface area contributed by atoms with Crippen LogP contribution in [0.4, 0.5) is 0 Å². The maximum absolute atomic E-state index is 11.3. The van der Waals surface area contributed by atoms with Crippen molar-refractivity contribution in [3.63, 3.8) is 0 Å². The van der Waals surface area contributed by atoms with E-state index in [2.05, 4.69) is 16.6 Å². The van der Waals surface area contributed by atoms with Crippen LogP contribution in [0.15, 0.2) is 18.5 Å². The van der Waals surface area contributed by atoms with E-state index in [1.54, 1.807) is 13.0 Å². The predicted molar refractivity (Wildman–Crippen MR) is 59.8 cm³/mol. The maximum atomic E-state index is 11.3. The van der Waals surface area contributed by atoms with Gasteiger partial charge in [0.1, 0.15) is 0 Å². The summed E-state index contributed by atoms with van der Waals surface area (Å²) < 4.78 is 0. The van der Waals surface area contributed by atoms with E-state index in [1.807, 2.05) is 0 Å². The molecule has 0 spiro atoms. The van der Waals surface area contributed by atoms with Gasteiger partial charge in [-0.15, -0.1) is 11.7 Å². The molecule has 1 heterocycles. The molecular formula is C9H9NO2S2. The third kappa shape index (κ3) is 2.59. The summed E-state index contributed by atoms with van der Waals surface area (Å²) in [6.07, 6.45) is 3.30. The number of carbonyl (C=O) groups excluding carboxylic acids is 2. The van der Waals surface area contributed by atoms with Gasteiger partial charge < -0.3 is 0 Å². The monoisotopic (exact) mass is 227 g/mol. The zero-order chi connectivity index (χ0) is 10.6. The van der Waals surface area contributed by atoms with Crippen molar-refractivity contribution in [3.05, 3.63) is 29.6 Å². The molecule has 3 nitrogen and oxygen atoms in total. The highest BCUT2D eigenvalue weighted by molar-refractivity contribution is 8.75. The van der Waals surface area contributed by atoms with Crippen LogP contribution >= 0.6 is 22.5 Å². The van der Waals surface area contributed by atoms with Crippen molar-refractivity contribution in [2.75, 3.05) is 0 Å². The summed E-state index contributed by atoms with van der Waals surface area (Å²) in [4.78, 5) is 26.3. The highest BCUT2D eigenvalue weighted by Gasteiger charge is 2.09. The molecule has 14 heavy (non-hydrogen) atoms. The minimum atomic E-state index is -0.202. The molecule has 1 aromatic rings. The Morgan fingerprint density at radius 1 is 1.43 bits per heavy atom. The lowest BCUT2D eigenvalue weighted by molar-refractivity contribution is 0.0988. The summed E-state index contributed by atoms with van der Waals surface area (Å²) in [6, 6.07) is 1.55. The molecule has 0 atom stereocenters. The Labute approximate surface area is 91.1 Å². The van der Waals surface area contributed by atoms with Crippen LogP contribution < -0.4 is 0 Å². The van der Waals surface area contributed by atoms with Gasteiger partial charge in [0, 0.05) is 29.9 Å². The fraction of sp³-hybridized carbons (Fsp3) is 0.222. The van der Waals surface area contributed by atoms with Gasteiger partial charge in [0.05, 0.1) is 0 Å². The normalized spacial score (nSPS) is 9.86. The number of hydrogen-bond donors (Lipinski definition) is 1. The van der Waals surface area contributed by atoms with Crippen LogP contribution in [0.2, 0.25) is 0 Å². The summed E-state index contributed by atoms with van der Waals surface area (Å²) in [7, 11) is 0.810. The standard InChI is InChI=1S/C9H9NO2S2/c1-2-8(11)6-3-7(5-10-4-6)9(12)14-13/h3-5,13H,2H2,1H3. The highest BCUT2D eigenvalue weighted by atomic mass is 33.1. The number of hydrogen-bond acceptors (Lipinski definition) is 5. The number of thiol groups is 1. The first-order valence-corrected chi connectivity index (χ1v) is 5.90. The van der Waals surface area contributed by atoms with E-state index < -0.39 is 0 Å². The molecule has 0 amide bonds. The Morgan fingerprint density at radius 2 is 2.07 bits per heavy atom. The van der Waals surface area contributed by atoms with E-state index in [0.717, 1.165) is 10.8 Å². The molecular weight excluding hydrogens is 218 g/mol. The number of ketones is 1. The second-order valence-corrected chi connectivity index (χ2v) is 3.72. The zero-order valence-corrected chi connectivity index (χ0v) is 9.27. The predicted octanol–water partition coefficient (Wildman–Crippen LogP) is 2.39. The molecule has 0 aliphatic carbocycles. The Bertz CT molecular complexity index is 334. The largest absolute Gasteiger partial charge is 0.294 e. The van der Waals surface area contributed by atoms with Crippen LogP contribution in [-0.4, -0.2) is 15.9 Å². The number of Topliss-reactive ketones (excluding diaryl/α,β-unsaturated/α-hetero) is 1. The molecule has 0 radical (unpaired) electrons. The minimum absolute atomic E-state index is 0.0173. The van der Waals surface area contributed by atoms with Gasteiger partial charge in [0.2, 0.25) is 5.12 Å². The molecule has 1 aromatic heterocycles. The topological polar surface area (TPSA) is 47.0 Å². The van der Waals surface area contributed by atoms with Crippen molar-refractivity contribution in [1.82, 2.24) is 4.98 Å².